The molecule has 84 valence electrons. The van der Waals surface area contributed by atoms with Crippen molar-refractivity contribution < 1.29 is 0 Å². The maximum Gasteiger partial charge on any atom is 0.0267 e. The smallest absolute Gasteiger partial charge is 0.0267 e. The first-order valence-electron chi connectivity index (χ1n) is 4.41. The second kappa shape index (κ2) is 10.2. The number of hydrogen-bond acceptors (Lipinski definition) is 1. The van der Waals surface area contributed by atoms with Gasteiger partial charge in [-0.15, -0.1) is 0 Å². The van der Waals surface area contributed by atoms with Gasteiger partial charge in [-0.1, -0.05) is 55.0 Å². The summed E-state index contributed by atoms with van der Waals surface area (Å²) in [6.07, 6.45) is 4.77. The second-order valence-corrected chi connectivity index (χ2v) is 3.94. The second-order valence-electron chi connectivity index (χ2n) is 3.94. The van der Waals surface area contributed by atoms with Crippen molar-refractivity contribution in [3.63, 3.8) is 0 Å². The Bertz CT molecular complexity index is 147. The van der Waals surface area contributed by atoms with Crippen molar-refractivity contribution in [2.24, 2.45) is 5.41 Å². The normalized spacial score (nSPS) is 8.57. The monoisotopic (exact) mass is 197 g/mol. The fourth-order valence-corrected chi connectivity index (χ4v) is 0.313. The summed E-state index contributed by atoms with van der Waals surface area (Å²) >= 11 is 0. The van der Waals surface area contributed by atoms with Gasteiger partial charge in [-0.2, -0.15) is 0 Å². The highest BCUT2D eigenvalue weighted by atomic mass is 14.6. The van der Waals surface area contributed by atoms with Gasteiger partial charge in [0, 0.05) is 12.4 Å². The molecular formula is C13H27N. The third-order valence-corrected chi connectivity index (χ3v) is 1.63. The molecule has 0 amide bonds. The fraction of sp³-hybridized carbons (Fsp3) is 0.615. The summed E-state index contributed by atoms with van der Waals surface area (Å²) in [7, 11) is 0. The van der Waals surface area contributed by atoms with Gasteiger partial charge in [0.05, 0.1) is 0 Å². The van der Waals surface area contributed by atoms with Gasteiger partial charge >= 0.3 is 0 Å². The zero-order chi connectivity index (χ0) is 9.45. The predicted octanol–water partition coefficient (Wildman–Crippen LogP) is 4.80. The molecule has 0 aromatic carbocycles. The molecule has 0 aliphatic carbocycles. The average molecular weight is 197 g/mol. The van der Waals surface area contributed by atoms with E-state index in [1.165, 1.54) is 6.42 Å². The number of pyridine rings is 1. The molecule has 0 aliphatic rings. The first-order valence-corrected chi connectivity index (χ1v) is 4.41. The van der Waals surface area contributed by atoms with Crippen molar-refractivity contribution in [2.45, 2.75) is 49.0 Å². The molecule has 0 N–H and O–H groups in total. The van der Waals surface area contributed by atoms with Gasteiger partial charge in [-0.3, -0.25) is 4.98 Å². The Morgan fingerprint density at radius 1 is 0.929 bits per heavy atom. The number of hydrogen-bond donors (Lipinski definition) is 0. The molecule has 0 spiro atoms. The molecule has 1 rings (SSSR count). The van der Waals surface area contributed by atoms with Crippen molar-refractivity contribution in [1.82, 2.24) is 4.98 Å². The van der Waals surface area contributed by atoms with Gasteiger partial charge in [0.1, 0.15) is 0 Å². The molecule has 0 saturated carbocycles. The maximum absolute atomic E-state index is 3.78. The van der Waals surface area contributed by atoms with Crippen LogP contribution in [0.1, 0.15) is 49.0 Å². The van der Waals surface area contributed by atoms with E-state index in [-0.39, 0.29) is 14.9 Å². The standard InChI is InChI=1S/C6H14.C5H5N.2CH4/c1-5-6(2,3)4;1-2-4-6-5-3-1;;/h5H2,1-4H3;1-5H;2*1H4. The van der Waals surface area contributed by atoms with Gasteiger partial charge in [0.15, 0.2) is 0 Å². The van der Waals surface area contributed by atoms with E-state index in [4.69, 9.17) is 0 Å². The van der Waals surface area contributed by atoms with Crippen LogP contribution in [0.3, 0.4) is 0 Å². The van der Waals surface area contributed by atoms with Crippen LogP contribution in [0, 0.1) is 5.41 Å². The van der Waals surface area contributed by atoms with Crippen molar-refractivity contribution >= 4 is 0 Å². The van der Waals surface area contributed by atoms with Gasteiger partial charge in [0.2, 0.25) is 0 Å². The van der Waals surface area contributed by atoms with Gasteiger partial charge in [0.25, 0.3) is 0 Å². The van der Waals surface area contributed by atoms with Gasteiger partial charge in [-0.05, 0) is 17.5 Å². The van der Waals surface area contributed by atoms with E-state index in [9.17, 15) is 0 Å². The quantitative estimate of drug-likeness (QED) is 0.582. The lowest BCUT2D eigenvalue weighted by atomic mass is 9.94. The molecule has 0 atom stereocenters. The molecule has 1 aromatic heterocycles. The Labute approximate surface area is 90.6 Å². The van der Waals surface area contributed by atoms with Crippen LogP contribution in [0.25, 0.3) is 0 Å². The van der Waals surface area contributed by atoms with Gasteiger partial charge in [-0.25, -0.2) is 0 Å². The van der Waals surface area contributed by atoms with Crippen molar-refractivity contribution in [2.75, 3.05) is 0 Å². The van der Waals surface area contributed by atoms with E-state index in [1.807, 2.05) is 18.2 Å². The average Bonchev–Trinajstić information content (AvgIpc) is 2.07. The van der Waals surface area contributed by atoms with Crippen LogP contribution in [-0.4, -0.2) is 4.98 Å². The van der Waals surface area contributed by atoms with Crippen LogP contribution in [0.5, 0.6) is 0 Å². The third kappa shape index (κ3) is 17.3. The van der Waals surface area contributed by atoms with Crippen molar-refractivity contribution in [3.8, 4) is 0 Å². The summed E-state index contributed by atoms with van der Waals surface area (Å²) in [5, 5.41) is 0. The first-order chi connectivity index (χ1) is 5.56. The van der Waals surface area contributed by atoms with Crippen molar-refractivity contribution in [1.29, 1.82) is 0 Å². The Morgan fingerprint density at radius 2 is 1.29 bits per heavy atom. The third-order valence-electron chi connectivity index (χ3n) is 1.63. The minimum Gasteiger partial charge on any atom is -0.265 e. The van der Waals surface area contributed by atoms with E-state index in [0.29, 0.717) is 5.41 Å². The highest BCUT2D eigenvalue weighted by Gasteiger charge is 2.03. The summed E-state index contributed by atoms with van der Waals surface area (Å²) in [6.45, 7) is 8.94. The Balaban J connectivity index is -0.000000151. The molecule has 1 heteroatoms. The Hall–Kier alpha value is -0.850. The summed E-state index contributed by atoms with van der Waals surface area (Å²) in [5.41, 5.74) is 0.542. The van der Waals surface area contributed by atoms with E-state index in [2.05, 4.69) is 32.7 Å². The Morgan fingerprint density at radius 3 is 1.36 bits per heavy atom. The first kappa shape index (κ1) is 18.8. The van der Waals surface area contributed by atoms with E-state index < -0.39 is 0 Å². The molecule has 0 unspecified atom stereocenters. The molecular weight excluding hydrogens is 170 g/mol. The summed E-state index contributed by atoms with van der Waals surface area (Å²) in [5.74, 6) is 0. The lowest BCUT2D eigenvalue weighted by molar-refractivity contribution is 0.398. The lowest BCUT2D eigenvalue weighted by Crippen LogP contribution is -2.00. The summed E-state index contributed by atoms with van der Waals surface area (Å²) in [6, 6.07) is 5.72. The largest absolute Gasteiger partial charge is 0.265 e. The highest BCUT2D eigenvalue weighted by molar-refractivity contribution is 4.88. The van der Waals surface area contributed by atoms with E-state index in [1.54, 1.807) is 12.4 Å². The number of nitrogens with zero attached hydrogens (tertiary/aromatic N) is 1. The molecule has 14 heavy (non-hydrogen) atoms. The van der Waals surface area contributed by atoms with Crippen LogP contribution in [0.15, 0.2) is 30.6 Å². The molecule has 1 aromatic rings. The Kier molecular flexibility index (Phi) is 13.8. The number of aromatic nitrogens is 1. The molecule has 0 radical (unpaired) electrons. The fourth-order valence-electron chi connectivity index (χ4n) is 0.313. The van der Waals surface area contributed by atoms with Crippen LogP contribution in [-0.2, 0) is 0 Å². The van der Waals surface area contributed by atoms with E-state index >= 15 is 0 Å². The van der Waals surface area contributed by atoms with Crippen LogP contribution in [0.4, 0.5) is 0 Å². The van der Waals surface area contributed by atoms with Crippen LogP contribution < -0.4 is 0 Å². The number of rotatable bonds is 0. The van der Waals surface area contributed by atoms with E-state index in [0.717, 1.165) is 0 Å². The SMILES string of the molecule is C.C.CCC(C)(C)C.c1ccncc1. The predicted molar refractivity (Wildman–Crippen MR) is 67.4 cm³/mol. The highest BCUT2D eigenvalue weighted by Crippen LogP contribution is 2.16. The summed E-state index contributed by atoms with van der Waals surface area (Å²) in [4.78, 5) is 3.78. The zero-order valence-electron chi connectivity index (χ0n) is 8.54. The molecule has 1 heterocycles. The maximum atomic E-state index is 3.78. The van der Waals surface area contributed by atoms with Crippen molar-refractivity contribution in [3.05, 3.63) is 30.6 Å². The molecule has 1 nitrogen and oxygen atoms in total. The lowest BCUT2D eigenvalue weighted by Gasteiger charge is -2.12. The van der Waals surface area contributed by atoms with Crippen LogP contribution >= 0.6 is 0 Å². The minimum absolute atomic E-state index is 0. The van der Waals surface area contributed by atoms with Gasteiger partial charge < -0.3 is 0 Å². The zero-order valence-corrected chi connectivity index (χ0v) is 8.54. The molecule has 0 saturated heterocycles. The van der Waals surface area contributed by atoms with Crippen LogP contribution in [0.2, 0.25) is 0 Å². The molecule has 0 fully saturated rings. The molecule has 0 aliphatic heterocycles. The summed E-state index contributed by atoms with van der Waals surface area (Å²) < 4.78 is 0. The minimum atomic E-state index is 0. The topological polar surface area (TPSA) is 12.9 Å². The molecule has 0 bridgehead atoms.